The number of hydrogen-bond acceptors (Lipinski definition) is 6. The molecule has 1 aromatic carbocycles. The fourth-order valence-electron chi connectivity index (χ4n) is 1.90. The minimum Gasteiger partial charge on any atom is -0.508 e. The molecule has 1 unspecified atom stereocenters. The van der Waals surface area contributed by atoms with Crippen LogP contribution in [0.2, 0.25) is 0 Å². The molecule has 0 saturated carbocycles. The molecule has 24 heavy (non-hydrogen) atoms. The zero-order chi connectivity index (χ0) is 21.7. The number of morpholine rings is 1. The summed E-state index contributed by atoms with van der Waals surface area (Å²) in [7, 11) is 0. The number of carbonyl (C=O) groups is 1. The van der Waals surface area contributed by atoms with Gasteiger partial charge >= 0.3 is 6.03 Å². The van der Waals surface area contributed by atoms with Crippen molar-refractivity contribution < 1.29 is 31.3 Å². The van der Waals surface area contributed by atoms with Crippen LogP contribution >= 0.6 is 0 Å². The lowest BCUT2D eigenvalue weighted by molar-refractivity contribution is 0.0532. The fraction of sp³-hybridized carbons (Fsp3) is 0.562. The molecule has 0 spiro atoms. The number of ether oxygens (including phenoxy) is 2. The van der Waals surface area contributed by atoms with E-state index in [2.05, 4.69) is 10.6 Å². The van der Waals surface area contributed by atoms with Crippen molar-refractivity contribution in [3.8, 4) is 11.5 Å². The summed E-state index contributed by atoms with van der Waals surface area (Å²) in [6.07, 6.45) is -3.34. The van der Waals surface area contributed by atoms with Crippen molar-refractivity contribution in [1.29, 1.82) is 0 Å². The maximum absolute atomic E-state index is 12.0. The average molecular weight is 344 g/mol. The quantitative estimate of drug-likeness (QED) is 0.486. The zero-order valence-corrected chi connectivity index (χ0v) is 13.1. The number of nitrogens with one attached hydrogen (secondary N) is 2. The Morgan fingerprint density at radius 2 is 2.08 bits per heavy atom. The lowest BCUT2D eigenvalue weighted by Crippen LogP contribution is -2.47. The predicted octanol–water partition coefficient (Wildman–Crippen LogP) is -0.237. The maximum atomic E-state index is 12.0. The number of carbonyl (C=O) groups excluding carboxylic acids is 1. The minimum absolute atomic E-state index is 0.00635. The molecule has 0 bridgehead atoms. The summed E-state index contributed by atoms with van der Waals surface area (Å²) in [5, 5.41) is 24.3. The molecule has 1 aromatic rings. The van der Waals surface area contributed by atoms with E-state index in [-0.39, 0.29) is 30.6 Å². The third-order valence-electron chi connectivity index (χ3n) is 3.13. The zero-order valence-electron chi connectivity index (χ0n) is 18.1. The third kappa shape index (κ3) is 6.61. The molecule has 8 nitrogen and oxygen atoms in total. The second-order valence-electron chi connectivity index (χ2n) is 4.93. The highest BCUT2D eigenvalue weighted by molar-refractivity contribution is 5.74. The first-order valence-electron chi connectivity index (χ1n) is 10.0. The normalized spacial score (nSPS) is 21.4. The van der Waals surface area contributed by atoms with Crippen molar-refractivity contribution in [2.75, 3.05) is 52.4 Å². The van der Waals surface area contributed by atoms with E-state index in [0.717, 1.165) is 0 Å². The lowest BCUT2D eigenvalue weighted by atomic mass is 10.3. The second kappa shape index (κ2) is 9.96. The molecule has 4 N–H and O–H groups in total. The maximum Gasteiger partial charge on any atom is 0.317 e. The molecule has 1 atom stereocenters. The van der Waals surface area contributed by atoms with Gasteiger partial charge in [-0.3, -0.25) is 0 Å². The van der Waals surface area contributed by atoms with Crippen LogP contribution in [0.3, 0.4) is 0 Å². The van der Waals surface area contributed by atoms with Gasteiger partial charge in [-0.15, -0.1) is 0 Å². The van der Waals surface area contributed by atoms with Crippen molar-refractivity contribution in [2.45, 2.75) is 6.08 Å². The van der Waals surface area contributed by atoms with Gasteiger partial charge in [0.05, 0.1) is 17.3 Å². The van der Waals surface area contributed by atoms with Crippen LogP contribution in [-0.2, 0) is 4.74 Å². The number of aliphatic hydroxyl groups is 1. The van der Waals surface area contributed by atoms with Gasteiger partial charge in [-0.05, 0) is 24.3 Å². The Hall–Kier alpha value is -2.03. The number of hydrogen-bond donors (Lipinski definition) is 4. The van der Waals surface area contributed by atoms with Gasteiger partial charge in [0.25, 0.3) is 0 Å². The number of amides is 2. The molecule has 1 aliphatic heterocycles. The van der Waals surface area contributed by atoms with Gasteiger partial charge in [0.2, 0.25) is 0 Å². The monoisotopic (exact) mass is 344 g/mol. The number of urea groups is 1. The van der Waals surface area contributed by atoms with E-state index in [9.17, 15) is 15.0 Å². The first-order chi connectivity index (χ1) is 13.5. The highest BCUT2D eigenvalue weighted by Crippen LogP contribution is 2.15. The molecule has 2 amide bonds. The molecular weight excluding hydrogens is 314 g/mol. The number of rotatable bonds is 8. The Kier molecular flexibility index (Phi) is 5.13. The van der Waals surface area contributed by atoms with Crippen LogP contribution < -0.4 is 15.4 Å². The molecule has 2 rings (SSSR count). The Morgan fingerprint density at radius 3 is 2.79 bits per heavy atom. The number of phenolic OH excluding ortho intramolecular Hbond substituents is 1. The van der Waals surface area contributed by atoms with Gasteiger partial charge in [0, 0.05) is 35.4 Å². The number of benzene rings is 1. The van der Waals surface area contributed by atoms with Gasteiger partial charge in [-0.1, -0.05) is 0 Å². The largest absolute Gasteiger partial charge is 0.508 e. The van der Waals surface area contributed by atoms with Gasteiger partial charge in [-0.2, -0.15) is 0 Å². The smallest absolute Gasteiger partial charge is 0.317 e. The molecular formula is C16H25N3O5. The minimum atomic E-state index is -3.34. The van der Waals surface area contributed by atoms with Crippen molar-refractivity contribution in [1.82, 2.24) is 15.5 Å². The fourth-order valence-corrected chi connectivity index (χ4v) is 1.90. The molecule has 1 fully saturated rings. The van der Waals surface area contributed by atoms with Gasteiger partial charge in [0.1, 0.15) is 24.1 Å². The summed E-state index contributed by atoms with van der Waals surface area (Å²) in [6.45, 7) is -4.46. The Morgan fingerprint density at radius 1 is 1.38 bits per heavy atom. The molecule has 0 aromatic heterocycles. The summed E-state index contributed by atoms with van der Waals surface area (Å²) in [6, 6.07) is 4.53. The van der Waals surface area contributed by atoms with Crippen molar-refractivity contribution in [2.24, 2.45) is 0 Å². The lowest BCUT2D eigenvalue weighted by Gasteiger charge is -2.27. The van der Waals surface area contributed by atoms with Gasteiger partial charge in [-0.25, -0.2) is 4.79 Å². The van der Waals surface area contributed by atoms with E-state index >= 15 is 0 Å². The van der Waals surface area contributed by atoms with Crippen LogP contribution in [0.1, 0.15) is 6.85 Å². The topological polar surface area (TPSA) is 103 Å². The summed E-state index contributed by atoms with van der Waals surface area (Å²) in [5.74, 6) is -0.192. The molecule has 1 heterocycles. The van der Waals surface area contributed by atoms with Crippen LogP contribution in [-0.4, -0.2) is 79.7 Å². The Balaban J connectivity index is 1.89. The predicted molar refractivity (Wildman–Crippen MR) is 88.3 cm³/mol. The first-order valence-corrected chi connectivity index (χ1v) is 7.52. The molecule has 1 saturated heterocycles. The van der Waals surface area contributed by atoms with Gasteiger partial charge < -0.3 is 35.2 Å². The molecule has 1 aliphatic rings. The van der Waals surface area contributed by atoms with Crippen LogP contribution in [0.5, 0.6) is 11.5 Å². The first kappa shape index (κ1) is 12.3. The van der Waals surface area contributed by atoms with Gasteiger partial charge in [0.15, 0.2) is 0 Å². The van der Waals surface area contributed by atoms with Crippen molar-refractivity contribution in [3.63, 3.8) is 0 Å². The van der Waals surface area contributed by atoms with Crippen LogP contribution in [0, 0.1) is 0 Å². The number of nitrogens with zero attached hydrogens (tertiary/aromatic N) is 1. The third-order valence-corrected chi connectivity index (χ3v) is 3.13. The SMILES string of the molecule is [2H]C([2H])(NCCNC(=O)N1CCOCC1)C([2H])(O)C([2H])([2H])Oc1ccc(O)cc1. The molecule has 8 heteroatoms. The highest BCUT2D eigenvalue weighted by Gasteiger charge is 2.15. The summed E-state index contributed by atoms with van der Waals surface area (Å²) in [5.41, 5.74) is 0. The van der Waals surface area contributed by atoms with E-state index in [1.54, 1.807) is 4.90 Å². The molecule has 134 valence electrons. The molecule has 0 aliphatic carbocycles. The standard InChI is InChI=1S/C16H25N3O5/c20-13-1-3-15(4-2-13)24-12-14(21)11-17-5-6-18-16(22)19-7-9-23-10-8-19/h1-4,14,17,20-21H,5-12H2,(H,18,22)/i11D2,12D2,14D. The van der Waals surface area contributed by atoms with E-state index in [1.165, 1.54) is 24.3 Å². The van der Waals surface area contributed by atoms with E-state index in [4.69, 9.17) is 16.3 Å². The van der Waals surface area contributed by atoms with E-state index in [0.29, 0.717) is 26.3 Å². The van der Waals surface area contributed by atoms with E-state index in [1.807, 2.05) is 0 Å². The summed E-state index contributed by atoms with van der Waals surface area (Å²) < 4.78 is 49.4. The highest BCUT2D eigenvalue weighted by atomic mass is 16.5. The van der Waals surface area contributed by atoms with Crippen molar-refractivity contribution >= 4 is 6.03 Å². The van der Waals surface area contributed by atoms with Crippen LogP contribution in [0.15, 0.2) is 24.3 Å². The summed E-state index contributed by atoms with van der Waals surface area (Å²) >= 11 is 0. The van der Waals surface area contributed by atoms with E-state index < -0.39 is 19.1 Å². The second-order valence-corrected chi connectivity index (χ2v) is 4.93. The molecule has 0 radical (unpaired) electrons. The summed E-state index contributed by atoms with van der Waals surface area (Å²) in [4.78, 5) is 13.5. The van der Waals surface area contributed by atoms with Crippen LogP contribution in [0.25, 0.3) is 0 Å². The number of phenols is 1. The van der Waals surface area contributed by atoms with Crippen LogP contribution in [0.4, 0.5) is 4.79 Å². The Labute approximate surface area is 148 Å². The number of aromatic hydroxyl groups is 1. The van der Waals surface area contributed by atoms with Crippen molar-refractivity contribution in [3.05, 3.63) is 24.3 Å². The Bertz CT molecular complexity index is 684. The average Bonchev–Trinajstić information content (AvgIpc) is 2.67.